The maximum Gasteiger partial charge on any atom is 0.0257 e. The fourth-order valence-corrected chi connectivity index (χ4v) is 2.30. The summed E-state index contributed by atoms with van der Waals surface area (Å²) >= 11 is 0. The first-order valence-electron chi connectivity index (χ1n) is 4.29. The van der Waals surface area contributed by atoms with E-state index in [9.17, 15) is 0 Å². The van der Waals surface area contributed by atoms with Crippen molar-refractivity contribution in [2.45, 2.75) is 18.9 Å². The van der Waals surface area contributed by atoms with Gasteiger partial charge in [-0.2, -0.15) is 0 Å². The zero-order chi connectivity index (χ0) is 6.97. The second-order valence-electron chi connectivity index (χ2n) is 3.61. The first-order chi connectivity index (χ1) is 4.88. The third kappa shape index (κ3) is 0.956. The maximum absolute atomic E-state index is 3.45. The number of piperidine rings is 1. The molecule has 2 nitrogen and oxygen atoms in total. The number of fused-ring (bicyclic) bond motifs is 1. The van der Waals surface area contributed by atoms with Gasteiger partial charge in [0.05, 0.1) is 0 Å². The van der Waals surface area contributed by atoms with Gasteiger partial charge in [0.15, 0.2) is 0 Å². The third-order valence-electron chi connectivity index (χ3n) is 2.96. The molecule has 2 saturated heterocycles. The molecular weight excluding hydrogens is 124 g/mol. The Morgan fingerprint density at radius 3 is 3.10 bits per heavy atom. The molecule has 10 heavy (non-hydrogen) atoms. The first-order valence-corrected chi connectivity index (χ1v) is 4.29. The van der Waals surface area contributed by atoms with Crippen LogP contribution in [-0.4, -0.2) is 37.6 Å². The molecule has 0 radical (unpaired) electrons. The predicted molar refractivity (Wildman–Crippen MR) is 42.0 cm³/mol. The quantitative estimate of drug-likeness (QED) is 0.520. The number of likely N-dealkylation sites (tertiary alicyclic amines) is 1. The summed E-state index contributed by atoms with van der Waals surface area (Å²) in [5.74, 6) is 0.957. The van der Waals surface area contributed by atoms with Crippen LogP contribution in [0.2, 0.25) is 0 Å². The Bertz CT molecular complexity index is 124. The monoisotopic (exact) mass is 140 g/mol. The van der Waals surface area contributed by atoms with Crippen molar-refractivity contribution >= 4 is 0 Å². The molecule has 2 heteroatoms. The zero-order valence-corrected chi connectivity index (χ0v) is 6.64. The maximum atomic E-state index is 3.45. The molecule has 0 aromatic rings. The summed E-state index contributed by atoms with van der Waals surface area (Å²) in [6.07, 6.45) is 2.85. The standard InChI is InChI=1S/C8H16N2/c1-10-4-2-3-7-5-9-6-8(7)10/h7-9H,2-6H2,1H3/t7-,8+/m1/s1. The van der Waals surface area contributed by atoms with Gasteiger partial charge in [-0.1, -0.05) is 0 Å². The molecular formula is C8H16N2. The summed E-state index contributed by atoms with van der Waals surface area (Å²) in [7, 11) is 2.25. The first kappa shape index (κ1) is 6.62. The summed E-state index contributed by atoms with van der Waals surface area (Å²) in [5, 5.41) is 3.45. The topological polar surface area (TPSA) is 15.3 Å². The number of nitrogens with zero attached hydrogens (tertiary/aromatic N) is 1. The Balaban J connectivity index is 2.03. The van der Waals surface area contributed by atoms with Crippen molar-refractivity contribution in [3.8, 4) is 0 Å². The Labute approximate surface area is 62.6 Å². The SMILES string of the molecule is CN1CCC[C@@H]2CNC[C@@H]21. The van der Waals surface area contributed by atoms with Gasteiger partial charge in [-0.25, -0.2) is 0 Å². The average Bonchev–Trinajstić information content (AvgIpc) is 2.36. The van der Waals surface area contributed by atoms with Gasteiger partial charge >= 0.3 is 0 Å². The highest BCUT2D eigenvalue weighted by Gasteiger charge is 2.32. The van der Waals surface area contributed by atoms with Gasteiger partial charge in [0, 0.05) is 12.6 Å². The Kier molecular flexibility index (Phi) is 1.66. The Hall–Kier alpha value is -0.0800. The molecule has 2 rings (SSSR count). The molecule has 2 heterocycles. The van der Waals surface area contributed by atoms with Gasteiger partial charge in [-0.3, -0.25) is 0 Å². The van der Waals surface area contributed by atoms with Crippen LogP contribution in [0.4, 0.5) is 0 Å². The molecule has 0 amide bonds. The van der Waals surface area contributed by atoms with E-state index in [1.807, 2.05) is 0 Å². The number of nitrogens with one attached hydrogen (secondary N) is 1. The fraction of sp³-hybridized carbons (Fsp3) is 1.00. The van der Waals surface area contributed by atoms with Crippen LogP contribution in [0.5, 0.6) is 0 Å². The molecule has 2 fully saturated rings. The van der Waals surface area contributed by atoms with Crippen molar-refractivity contribution in [3.05, 3.63) is 0 Å². The van der Waals surface area contributed by atoms with Crippen molar-refractivity contribution in [1.82, 2.24) is 10.2 Å². The van der Waals surface area contributed by atoms with Crippen LogP contribution in [0.25, 0.3) is 0 Å². The smallest absolute Gasteiger partial charge is 0.0257 e. The van der Waals surface area contributed by atoms with Crippen LogP contribution in [0.1, 0.15) is 12.8 Å². The molecule has 2 atom stereocenters. The van der Waals surface area contributed by atoms with Crippen molar-refractivity contribution in [3.63, 3.8) is 0 Å². The summed E-state index contributed by atoms with van der Waals surface area (Å²) < 4.78 is 0. The van der Waals surface area contributed by atoms with Crippen molar-refractivity contribution in [2.24, 2.45) is 5.92 Å². The van der Waals surface area contributed by atoms with Gasteiger partial charge in [0.1, 0.15) is 0 Å². The molecule has 2 aliphatic heterocycles. The lowest BCUT2D eigenvalue weighted by atomic mass is 9.93. The van der Waals surface area contributed by atoms with Crippen LogP contribution >= 0.6 is 0 Å². The second-order valence-corrected chi connectivity index (χ2v) is 3.61. The summed E-state index contributed by atoms with van der Waals surface area (Å²) in [6, 6.07) is 0.855. The van der Waals surface area contributed by atoms with E-state index < -0.39 is 0 Å². The molecule has 2 aliphatic rings. The zero-order valence-electron chi connectivity index (χ0n) is 6.64. The van der Waals surface area contributed by atoms with Crippen LogP contribution < -0.4 is 5.32 Å². The lowest BCUT2D eigenvalue weighted by molar-refractivity contribution is 0.158. The van der Waals surface area contributed by atoms with Gasteiger partial charge in [-0.05, 0) is 38.9 Å². The Morgan fingerprint density at radius 1 is 1.40 bits per heavy atom. The molecule has 0 aromatic heterocycles. The minimum atomic E-state index is 0.855. The Morgan fingerprint density at radius 2 is 2.30 bits per heavy atom. The highest BCUT2D eigenvalue weighted by molar-refractivity contribution is 4.90. The largest absolute Gasteiger partial charge is 0.315 e. The molecule has 58 valence electrons. The summed E-state index contributed by atoms with van der Waals surface area (Å²) in [5.41, 5.74) is 0. The van der Waals surface area contributed by atoms with Gasteiger partial charge in [-0.15, -0.1) is 0 Å². The summed E-state index contributed by atoms with van der Waals surface area (Å²) in [6.45, 7) is 3.79. The van der Waals surface area contributed by atoms with E-state index in [2.05, 4.69) is 17.3 Å². The van der Waals surface area contributed by atoms with Crippen LogP contribution in [-0.2, 0) is 0 Å². The minimum absolute atomic E-state index is 0.855. The lowest BCUT2D eigenvalue weighted by Gasteiger charge is -2.33. The molecule has 0 spiro atoms. The number of hydrogen-bond donors (Lipinski definition) is 1. The average molecular weight is 140 g/mol. The minimum Gasteiger partial charge on any atom is -0.315 e. The third-order valence-corrected chi connectivity index (χ3v) is 2.96. The molecule has 0 aliphatic carbocycles. The van der Waals surface area contributed by atoms with E-state index in [0.717, 1.165) is 12.0 Å². The molecule has 0 bridgehead atoms. The van der Waals surface area contributed by atoms with Crippen molar-refractivity contribution in [2.75, 3.05) is 26.7 Å². The van der Waals surface area contributed by atoms with Gasteiger partial charge < -0.3 is 10.2 Å². The number of likely N-dealkylation sites (N-methyl/N-ethyl adjacent to an activating group) is 1. The molecule has 1 N–H and O–H groups in total. The number of hydrogen-bond acceptors (Lipinski definition) is 2. The highest BCUT2D eigenvalue weighted by atomic mass is 15.2. The fourth-order valence-electron chi connectivity index (χ4n) is 2.30. The van der Waals surface area contributed by atoms with E-state index in [0.29, 0.717) is 0 Å². The van der Waals surface area contributed by atoms with Crippen molar-refractivity contribution in [1.29, 1.82) is 0 Å². The van der Waals surface area contributed by atoms with E-state index in [1.54, 1.807) is 0 Å². The van der Waals surface area contributed by atoms with Crippen LogP contribution in [0, 0.1) is 5.92 Å². The van der Waals surface area contributed by atoms with Crippen LogP contribution in [0.15, 0.2) is 0 Å². The normalized spacial score (nSPS) is 41.7. The highest BCUT2D eigenvalue weighted by Crippen LogP contribution is 2.24. The molecule has 0 saturated carbocycles. The number of rotatable bonds is 0. The van der Waals surface area contributed by atoms with E-state index >= 15 is 0 Å². The van der Waals surface area contributed by atoms with E-state index in [-0.39, 0.29) is 0 Å². The second kappa shape index (κ2) is 2.51. The molecule has 0 aromatic carbocycles. The van der Waals surface area contributed by atoms with E-state index in [1.165, 1.54) is 32.5 Å². The lowest BCUT2D eigenvalue weighted by Crippen LogP contribution is -2.42. The predicted octanol–water partition coefficient (Wildman–Crippen LogP) is 0.300. The van der Waals surface area contributed by atoms with Crippen LogP contribution in [0.3, 0.4) is 0 Å². The van der Waals surface area contributed by atoms with E-state index in [4.69, 9.17) is 0 Å². The van der Waals surface area contributed by atoms with Crippen molar-refractivity contribution < 1.29 is 0 Å². The van der Waals surface area contributed by atoms with Gasteiger partial charge in [0.25, 0.3) is 0 Å². The molecule has 0 unspecified atom stereocenters. The summed E-state index contributed by atoms with van der Waals surface area (Å²) in [4.78, 5) is 2.51. The van der Waals surface area contributed by atoms with Gasteiger partial charge in [0.2, 0.25) is 0 Å².